The first-order valence-electron chi connectivity index (χ1n) is 11.8. The first-order valence-corrected chi connectivity index (χ1v) is 13.3. The molecule has 0 aliphatic carbocycles. The minimum absolute atomic E-state index is 0.165. The van der Waals surface area contributed by atoms with E-state index < -0.39 is 18.0 Å². The molecule has 4 rings (SSSR count). The van der Waals surface area contributed by atoms with Crippen LogP contribution in [0, 0.1) is 0 Å². The predicted molar refractivity (Wildman–Crippen MR) is 145 cm³/mol. The van der Waals surface area contributed by atoms with Gasteiger partial charge in [0, 0.05) is 15.6 Å². The van der Waals surface area contributed by atoms with Gasteiger partial charge in [-0.1, -0.05) is 52.7 Å². The maximum Gasteiger partial charge on any atom is 0.344 e. The standard InChI is InChI=1S/C27H24Cl2N2O6S/c1-4-35-22(32)14-37-20-11-10-17(28)12-16(20)13-21-25(33)31-24(18-8-6-7-9-19(18)29)23(26(34)36-5-2)15(3)30-27(31)38-21/h6-13,24H,4-5,14H2,1-3H3/b21-13-/t24-/m1/s1. The van der Waals surface area contributed by atoms with Crippen LogP contribution in [0.3, 0.4) is 0 Å². The Bertz CT molecular complexity index is 1610. The van der Waals surface area contributed by atoms with E-state index in [4.69, 9.17) is 37.4 Å². The second-order valence-corrected chi connectivity index (χ2v) is 9.95. The van der Waals surface area contributed by atoms with Crippen molar-refractivity contribution in [1.82, 2.24) is 4.57 Å². The van der Waals surface area contributed by atoms with Gasteiger partial charge in [0.2, 0.25) is 0 Å². The van der Waals surface area contributed by atoms with Crippen molar-refractivity contribution in [3.63, 3.8) is 0 Å². The van der Waals surface area contributed by atoms with Crippen molar-refractivity contribution in [1.29, 1.82) is 0 Å². The van der Waals surface area contributed by atoms with Gasteiger partial charge >= 0.3 is 11.9 Å². The maximum atomic E-state index is 13.8. The van der Waals surface area contributed by atoms with E-state index in [0.29, 0.717) is 42.0 Å². The fraction of sp³-hybridized carbons (Fsp3) is 0.259. The summed E-state index contributed by atoms with van der Waals surface area (Å²) in [6, 6.07) is 11.0. The number of rotatable bonds is 8. The lowest BCUT2D eigenvalue weighted by molar-refractivity contribution is -0.145. The third-order valence-electron chi connectivity index (χ3n) is 5.63. The maximum absolute atomic E-state index is 13.8. The zero-order valence-corrected chi connectivity index (χ0v) is 23.2. The third-order valence-corrected chi connectivity index (χ3v) is 7.19. The van der Waals surface area contributed by atoms with Gasteiger partial charge < -0.3 is 14.2 Å². The molecule has 1 aliphatic rings. The number of ether oxygens (including phenoxy) is 3. The molecule has 38 heavy (non-hydrogen) atoms. The Morgan fingerprint density at radius 2 is 1.84 bits per heavy atom. The van der Waals surface area contributed by atoms with Crippen LogP contribution in [0.2, 0.25) is 10.0 Å². The van der Waals surface area contributed by atoms with Gasteiger partial charge in [-0.3, -0.25) is 9.36 Å². The Labute approximate surface area is 232 Å². The summed E-state index contributed by atoms with van der Waals surface area (Å²) in [5.41, 5.74) is 1.34. The van der Waals surface area contributed by atoms with Crippen molar-refractivity contribution >= 4 is 52.6 Å². The van der Waals surface area contributed by atoms with Crippen LogP contribution in [0.15, 0.2) is 63.5 Å². The molecule has 0 unspecified atom stereocenters. The van der Waals surface area contributed by atoms with E-state index in [9.17, 15) is 14.4 Å². The number of hydrogen-bond acceptors (Lipinski definition) is 8. The number of nitrogens with zero attached hydrogens (tertiary/aromatic N) is 2. The van der Waals surface area contributed by atoms with Crippen LogP contribution in [-0.4, -0.2) is 36.3 Å². The molecule has 0 fully saturated rings. The Morgan fingerprint density at radius 3 is 2.55 bits per heavy atom. The van der Waals surface area contributed by atoms with Crippen LogP contribution in [0.25, 0.3) is 6.08 Å². The minimum Gasteiger partial charge on any atom is -0.481 e. The summed E-state index contributed by atoms with van der Waals surface area (Å²) in [6.07, 6.45) is 1.61. The first kappa shape index (κ1) is 27.6. The highest BCUT2D eigenvalue weighted by atomic mass is 35.5. The molecular formula is C27H24Cl2N2O6S. The lowest BCUT2D eigenvalue weighted by Crippen LogP contribution is -2.40. The molecule has 1 aliphatic heterocycles. The summed E-state index contributed by atoms with van der Waals surface area (Å²) >= 11 is 13.9. The van der Waals surface area contributed by atoms with E-state index in [1.165, 1.54) is 4.57 Å². The van der Waals surface area contributed by atoms with Crippen molar-refractivity contribution < 1.29 is 23.8 Å². The number of halogens is 2. The van der Waals surface area contributed by atoms with Gasteiger partial charge in [-0.05, 0) is 56.7 Å². The number of hydrogen-bond donors (Lipinski definition) is 0. The van der Waals surface area contributed by atoms with Crippen LogP contribution in [0.1, 0.15) is 37.9 Å². The lowest BCUT2D eigenvalue weighted by Gasteiger charge is -2.25. The summed E-state index contributed by atoms with van der Waals surface area (Å²) in [5, 5.41) is 0.815. The molecule has 2 aromatic carbocycles. The number of thiazole rings is 1. The minimum atomic E-state index is -0.833. The van der Waals surface area contributed by atoms with E-state index >= 15 is 0 Å². The SMILES string of the molecule is CCOC(=O)COc1ccc(Cl)cc1/C=c1\sc2n(c1=O)[C@H](c1ccccc1Cl)C(C(=O)OCC)=C(C)N=2. The summed E-state index contributed by atoms with van der Waals surface area (Å²) in [6.45, 7) is 5.21. The van der Waals surface area contributed by atoms with Crippen LogP contribution < -0.4 is 19.6 Å². The summed E-state index contributed by atoms with van der Waals surface area (Å²) in [5.74, 6) is -0.744. The largest absolute Gasteiger partial charge is 0.481 e. The number of carbonyl (C=O) groups is 2. The number of allylic oxidation sites excluding steroid dienone is 1. The molecule has 0 amide bonds. The number of benzene rings is 2. The highest BCUT2D eigenvalue weighted by molar-refractivity contribution is 7.07. The predicted octanol–water partition coefficient (Wildman–Crippen LogP) is 4.05. The Balaban J connectivity index is 1.88. The van der Waals surface area contributed by atoms with Gasteiger partial charge in [0.15, 0.2) is 11.4 Å². The molecule has 2 heterocycles. The third kappa shape index (κ3) is 5.70. The second kappa shape index (κ2) is 12.0. The first-order chi connectivity index (χ1) is 18.2. The van der Waals surface area contributed by atoms with Crippen molar-refractivity contribution in [3.8, 4) is 5.75 Å². The number of carbonyl (C=O) groups excluding carboxylic acids is 2. The van der Waals surface area contributed by atoms with E-state index in [1.54, 1.807) is 69.3 Å². The van der Waals surface area contributed by atoms with Crippen molar-refractivity contribution in [3.05, 3.63) is 94.6 Å². The number of fused-ring (bicyclic) bond motifs is 1. The molecule has 0 saturated carbocycles. The van der Waals surface area contributed by atoms with Gasteiger partial charge in [0.25, 0.3) is 5.56 Å². The van der Waals surface area contributed by atoms with Gasteiger partial charge in [-0.15, -0.1) is 0 Å². The highest BCUT2D eigenvalue weighted by Crippen LogP contribution is 2.34. The summed E-state index contributed by atoms with van der Waals surface area (Å²) < 4.78 is 17.6. The number of aromatic nitrogens is 1. The van der Waals surface area contributed by atoms with Gasteiger partial charge in [0.1, 0.15) is 11.8 Å². The van der Waals surface area contributed by atoms with Crippen LogP contribution >= 0.6 is 34.5 Å². The van der Waals surface area contributed by atoms with Crippen molar-refractivity contribution in [2.24, 2.45) is 4.99 Å². The molecule has 11 heteroatoms. The quantitative estimate of drug-likeness (QED) is 0.377. The number of esters is 2. The average Bonchev–Trinajstić information content (AvgIpc) is 3.17. The molecule has 0 radical (unpaired) electrons. The van der Waals surface area contributed by atoms with Gasteiger partial charge in [0.05, 0.1) is 29.0 Å². The Morgan fingerprint density at radius 1 is 1.11 bits per heavy atom. The van der Waals surface area contributed by atoms with Crippen molar-refractivity contribution in [2.75, 3.05) is 19.8 Å². The van der Waals surface area contributed by atoms with Crippen LogP contribution in [0.4, 0.5) is 0 Å². The molecule has 198 valence electrons. The zero-order valence-electron chi connectivity index (χ0n) is 20.8. The van der Waals surface area contributed by atoms with Crippen LogP contribution in [0.5, 0.6) is 5.75 Å². The smallest absolute Gasteiger partial charge is 0.344 e. The molecule has 1 aromatic heterocycles. The molecule has 0 bridgehead atoms. The lowest BCUT2D eigenvalue weighted by atomic mass is 9.96. The molecule has 0 spiro atoms. The zero-order chi connectivity index (χ0) is 27.4. The van der Waals surface area contributed by atoms with E-state index in [-0.39, 0.29) is 31.0 Å². The second-order valence-electron chi connectivity index (χ2n) is 8.10. The van der Waals surface area contributed by atoms with Crippen LogP contribution in [-0.2, 0) is 19.1 Å². The Kier molecular flexibility index (Phi) is 8.71. The van der Waals surface area contributed by atoms with Crippen molar-refractivity contribution in [2.45, 2.75) is 26.8 Å². The van der Waals surface area contributed by atoms with E-state index in [2.05, 4.69) is 4.99 Å². The summed E-state index contributed by atoms with van der Waals surface area (Å²) in [7, 11) is 0. The Hall–Kier alpha value is -3.40. The fourth-order valence-corrected chi connectivity index (χ4v) is 5.48. The topological polar surface area (TPSA) is 96.2 Å². The van der Waals surface area contributed by atoms with Gasteiger partial charge in [-0.2, -0.15) is 0 Å². The molecular weight excluding hydrogens is 551 g/mol. The molecule has 0 N–H and O–H groups in total. The van der Waals surface area contributed by atoms with E-state index in [0.717, 1.165) is 11.3 Å². The molecule has 0 saturated heterocycles. The van der Waals surface area contributed by atoms with E-state index in [1.807, 2.05) is 0 Å². The summed E-state index contributed by atoms with van der Waals surface area (Å²) in [4.78, 5) is 43.6. The molecule has 8 nitrogen and oxygen atoms in total. The highest BCUT2D eigenvalue weighted by Gasteiger charge is 2.34. The molecule has 3 aromatic rings. The average molecular weight is 575 g/mol. The molecule has 1 atom stereocenters. The fourth-order valence-electron chi connectivity index (χ4n) is 4.03. The van der Waals surface area contributed by atoms with Gasteiger partial charge in [-0.25, -0.2) is 14.6 Å². The normalized spacial score (nSPS) is 15.1. The monoisotopic (exact) mass is 574 g/mol.